The Kier molecular flexibility index (Phi) is 4.28. The number of nitrogens with one attached hydrogen (secondary N) is 1. The standard InChI is InChI=1S/C21H27N3O3S/c25-20(18-12-22-19-7-3-2-6-17(18)19)24-14-21(15-24)16(8-11-28(21,26)27)13-23-9-4-1-5-10-23/h2-3,6-7,12,16,22H,1,4-5,8-11,13-15H2. The van der Waals surface area contributed by atoms with Gasteiger partial charge in [0.05, 0.1) is 11.3 Å². The average molecular weight is 402 g/mol. The molecule has 0 aliphatic carbocycles. The number of hydrogen-bond acceptors (Lipinski definition) is 4. The highest BCUT2D eigenvalue weighted by Gasteiger charge is 2.62. The van der Waals surface area contributed by atoms with Crippen molar-refractivity contribution in [1.29, 1.82) is 0 Å². The number of fused-ring (bicyclic) bond motifs is 1. The van der Waals surface area contributed by atoms with Crippen LogP contribution in [0.2, 0.25) is 0 Å². The predicted octanol–water partition coefficient (Wildman–Crippen LogP) is 2.28. The van der Waals surface area contributed by atoms with Crippen LogP contribution in [0.15, 0.2) is 30.5 Å². The molecule has 28 heavy (non-hydrogen) atoms. The molecule has 7 heteroatoms. The second-order valence-electron chi connectivity index (χ2n) is 8.64. The molecule has 0 saturated carbocycles. The lowest BCUT2D eigenvalue weighted by atomic mass is 9.82. The molecule has 3 aliphatic rings. The molecule has 3 saturated heterocycles. The van der Waals surface area contributed by atoms with Crippen molar-refractivity contribution in [3.8, 4) is 0 Å². The number of aromatic amines is 1. The summed E-state index contributed by atoms with van der Waals surface area (Å²) in [6, 6.07) is 7.72. The first-order valence-corrected chi connectivity index (χ1v) is 12.0. The second kappa shape index (κ2) is 6.59. The summed E-state index contributed by atoms with van der Waals surface area (Å²) in [6.07, 6.45) is 6.16. The lowest BCUT2D eigenvalue weighted by Gasteiger charge is -2.50. The Morgan fingerprint density at radius 1 is 1.14 bits per heavy atom. The van der Waals surface area contributed by atoms with Crippen molar-refractivity contribution in [3.63, 3.8) is 0 Å². The maximum absolute atomic E-state index is 13.1. The molecule has 0 radical (unpaired) electrons. The normalized spacial score (nSPS) is 26.6. The number of carbonyl (C=O) groups excluding carboxylic acids is 1. The van der Waals surface area contributed by atoms with Gasteiger partial charge in [-0.3, -0.25) is 4.79 Å². The topological polar surface area (TPSA) is 73.5 Å². The van der Waals surface area contributed by atoms with Gasteiger partial charge in [-0.05, 0) is 44.3 Å². The van der Waals surface area contributed by atoms with E-state index in [4.69, 9.17) is 0 Å². The van der Waals surface area contributed by atoms with Crippen LogP contribution >= 0.6 is 0 Å². The molecular weight excluding hydrogens is 374 g/mol. The van der Waals surface area contributed by atoms with Gasteiger partial charge in [-0.15, -0.1) is 0 Å². The van der Waals surface area contributed by atoms with Crippen LogP contribution in [-0.2, 0) is 9.84 Å². The first-order valence-electron chi connectivity index (χ1n) is 10.3. The van der Waals surface area contributed by atoms with Gasteiger partial charge < -0.3 is 14.8 Å². The van der Waals surface area contributed by atoms with Gasteiger partial charge in [0.15, 0.2) is 9.84 Å². The number of rotatable bonds is 3. The van der Waals surface area contributed by atoms with Gasteiger partial charge in [-0.2, -0.15) is 0 Å². The zero-order valence-electron chi connectivity index (χ0n) is 16.1. The third-order valence-electron chi connectivity index (χ3n) is 7.05. The molecule has 1 aromatic carbocycles. The number of hydrogen-bond donors (Lipinski definition) is 1. The zero-order valence-corrected chi connectivity index (χ0v) is 16.9. The van der Waals surface area contributed by atoms with Crippen molar-refractivity contribution >= 4 is 26.6 Å². The van der Waals surface area contributed by atoms with Crippen LogP contribution in [0.5, 0.6) is 0 Å². The summed E-state index contributed by atoms with van der Waals surface area (Å²) in [6.45, 7) is 3.68. The molecule has 0 bridgehead atoms. The zero-order chi connectivity index (χ0) is 19.4. The summed E-state index contributed by atoms with van der Waals surface area (Å²) in [5.74, 6) is 0.338. The molecule has 3 fully saturated rings. The number of nitrogens with zero attached hydrogens (tertiary/aromatic N) is 2. The quantitative estimate of drug-likeness (QED) is 0.856. The second-order valence-corrected chi connectivity index (χ2v) is 11.1. The van der Waals surface area contributed by atoms with E-state index in [1.807, 2.05) is 24.3 Å². The molecular formula is C21H27N3O3S. The van der Waals surface area contributed by atoms with Crippen molar-refractivity contribution in [2.45, 2.75) is 30.4 Å². The van der Waals surface area contributed by atoms with E-state index >= 15 is 0 Å². The molecule has 5 rings (SSSR count). The van der Waals surface area contributed by atoms with Crippen molar-refractivity contribution in [2.75, 3.05) is 38.5 Å². The third-order valence-corrected chi connectivity index (χ3v) is 9.65. The molecule has 1 aromatic heterocycles. The summed E-state index contributed by atoms with van der Waals surface area (Å²) in [7, 11) is -3.16. The summed E-state index contributed by atoms with van der Waals surface area (Å²) in [5.41, 5.74) is 1.56. The number of benzene rings is 1. The molecule has 1 amide bonds. The minimum atomic E-state index is -3.16. The van der Waals surface area contributed by atoms with E-state index in [2.05, 4.69) is 9.88 Å². The Balaban J connectivity index is 1.35. The molecule has 3 aliphatic heterocycles. The van der Waals surface area contributed by atoms with Crippen molar-refractivity contribution < 1.29 is 13.2 Å². The number of aromatic nitrogens is 1. The third kappa shape index (κ3) is 2.70. The fourth-order valence-electron chi connectivity index (χ4n) is 5.35. The van der Waals surface area contributed by atoms with Gasteiger partial charge in [0.2, 0.25) is 0 Å². The van der Waals surface area contributed by atoms with E-state index < -0.39 is 14.6 Å². The smallest absolute Gasteiger partial charge is 0.256 e. The van der Waals surface area contributed by atoms with Crippen molar-refractivity contribution in [2.24, 2.45) is 5.92 Å². The fraction of sp³-hybridized carbons (Fsp3) is 0.571. The Bertz CT molecular complexity index is 1000. The first kappa shape index (κ1) is 18.2. The van der Waals surface area contributed by atoms with Gasteiger partial charge in [-0.1, -0.05) is 24.6 Å². The van der Waals surface area contributed by atoms with E-state index in [0.29, 0.717) is 18.7 Å². The fourth-order valence-corrected chi connectivity index (χ4v) is 7.75. The Labute approximate surface area is 165 Å². The summed E-state index contributed by atoms with van der Waals surface area (Å²) in [4.78, 5) is 20.3. The van der Waals surface area contributed by atoms with E-state index in [-0.39, 0.29) is 17.6 Å². The van der Waals surface area contributed by atoms with Gasteiger partial charge in [-0.25, -0.2) is 8.42 Å². The van der Waals surface area contributed by atoms with Crippen LogP contribution < -0.4 is 0 Å². The SMILES string of the molecule is O=C(c1c[nH]c2ccccc12)N1CC2(C1)C(CN1CCCCC1)CCS2(=O)=O. The van der Waals surface area contributed by atoms with Crippen LogP contribution in [-0.4, -0.2) is 72.3 Å². The van der Waals surface area contributed by atoms with Crippen molar-refractivity contribution in [3.05, 3.63) is 36.0 Å². The lowest BCUT2D eigenvalue weighted by Crippen LogP contribution is -2.69. The van der Waals surface area contributed by atoms with Crippen LogP contribution in [0.4, 0.5) is 0 Å². The van der Waals surface area contributed by atoms with E-state index in [1.165, 1.54) is 19.3 Å². The highest BCUT2D eigenvalue weighted by molar-refractivity contribution is 7.93. The van der Waals surface area contributed by atoms with Crippen LogP contribution in [0.3, 0.4) is 0 Å². The molecule has 4 heterocycles. The Morgan fingerprint density at radius 3 is 2.68 bits per heavy atom. The number of piperidine rings is 1. The van der Waals surface area contributed by atoms with Crippen molar-refractivity contribution in [1.82, 2.24) is 14.8 Å². The van der Waals surface area contributed by atoms with Crippen LogP contribution in [0.25, 0.3) is 10.9 Å². The highest BCUT2D eigenvalue weighted by Crippen LogP contribution is 2.45. The van der Waals surface area contributed by atoms with E-state index in [9.17, 15) is 13.2 Å². The number of carbonyl (C=O) groups is 1. The highest BCUT2D eigenvalue weighted by atomic mass is 32.2. The maximum atomic E-state index is 13.1. The molecule has 6 nitrogen and oxygen atoms in total. The van der Waals surface area contributed by atoms with Gasteiger partial charge >= 0.3 is 0 Å². The monoisotopic (exact) mass is 401 g/mol. The Morgan fingerprint density at radius 2 is 1.89 bits per heavy atom. The number of sulfone groups is 1. The van der Waals surface area contributed by atoms with Gasteiger partial charge in [0, 0.05) is 36.7 Å². The summed E-state index contributed by atoms with van der Waals surface area (Å²) < 4.78 is 25.1. The first-order chi connectivity index (χ1) is 13.5. The summed E-state index contributed by atoms with van der Waals surface area (Å²) >= 11 is 0. The largest absolute Gasteiger partial charge is 0.360 e. The molecule has 1 spiro atoms. The molecule has 1 unspecified atom stereocenters. The lowest BCUT2D eigenvalue weighted by molar-refractivity contribution is 0.0413. The van der Waals surface area contributed by atoms with Gasteiger partial charge in [0.25, 0.3) is 5.91 Å². The number of amides is 1. The maximum Gasteiger partial charge on any atom is 0.256 e. The number of likely N-dealkylation sites (tertiary alicyclic amines) is 2. The average Bonchev–Trinajstić information content (AvgIpc) is 3.20. The molecule has 150 valence electrons. The number of para-hydroxylation sites is 1. The van der Waals surface area contributed by atoms with E-state index in [1.54, 1.807) is 11.1 Å². The molecule has 2 aromatic rings. The Hall–Kier alpha value is -1.86. The van der Waals surface area contributed by atoms with Gasteiger partial charge in [0.1, 0.15) is 4.75 Å². The minimum Gasteiger partial charge on any atom is -0.360 e. The number of H-pyrrole nitrogens is 1. The van der Waals surface area contributed by atoms with Crippen LogP contribution in [0, 0.1) is 5.92 Å². The minimum absolute atomic E-state index is 0.0677. The predicted molar refractivity (Wildman–Crippen MR) is 109 cm³/mol. The van der Waals surface area contributed by atoms with Crippen LogP contribution in [0.1, 0.15) is 36.0 Å². The van der Waals surface area contributed by atoms with E-state index in [0.717, 1.165) is 37.0 Å². The molecule has 1 atom stereocenters. The summed E-state index contributed by atoms with van der Waals surface area (Å²) in [5, 5.41) is 0.896. The molecule has 1 N–H and O–H groups in total.